The van der Waals surface area contributed by atoms with Crippen LogP contribution in [0.15, 0.2) is 34.9 Å². The van der Waals surface area contributed by atoms with Gasteiger partial charge in [-0.05, 0) is 59.1 Å². The molecule has 106 valence electrons. The average Bonchev–Trinajstić information content (AvgIpc) is 2.42. The van der Waals surface area contributed by atoms with Gasteiger partial charge in [0.15, 0.2) is 0 Å². The number of aryl methyl sites for hydroxylation is 1. The maximum absolute atomic E-state index is 13.4. The lowest BCUT2D eigenvalue weighted by molar-refractivity contribution is 0.613. The molecule has 2 aromatic rings. The summed E-state index contributed by atoms with van der Waals surface area (Å²) in [4.78, 5) is 4.09. The summed E-state index contributed by atoms with van der Waals surface area (Å²) < 4.78 is 26.7. The average molecular weight is 341 g/mol. The second-order valence-corrected chi connectivity index (χ2v) is 5.44. The van der Waals surface area contributed by atoms with E-state index >= 15 is 0 Å². The van der Waals surface area contributed by atoms with Gasteiger partial charge < -0.3 is 5.32 Å². The molecule has 20 heavy (non-hydrogen) atoms. The highest BCUT2D eigenvalue weighted by Crippen LogP contribution is 2.28. The molecule has 1 aromatic heterocycles. The fourth-order valence-corrected chi connectivity index (χ4v) is 2.31. The molecule has 0 aliphatic carbocycles. The fourth-order valence-electron chi connectivity index (χ4n) is 1.97. The molecule has 2 rings (SSSR count). The van der Waals surface area contributed by atoms with Gasteiger partial charge in [-0.3, -0.25) is 4.98 Å². The van der Waals surface area contributed by atoms with Gasteiger partial charge in [0.25, 0.3) is 0 Å². The molecule has 1 aromatic carbocycles. The maximum Gasteiger partial charge on any atom is 0.141 e. The van der Waals surface area contributed by atoms with Gasteiger partial charge in [0, 0.05) is 5.69 Å². The third-order valence-electron chi connectivity index (χ3n) is 3.11. The first-order chi connectivity index (χ1) is 9.51. The Morgan fingerprint density at radius 3 is 2.65 bits per heavy atom. The minimum atomic E-state index is -0.357. The quantitative estimate of drug-likeness (QED) is 0.847. The Bertz CT molecular complexity index is 600. The number of aromatic nitrogens is 1. The first kappa shape index (κ1) is 14.9. The summed E-state index contributed by atoms with van der Waals surface area (Å²) in [6.07, 6.45) is 1.99. The number of halogens is 3. The van der Waals surface area contributed by atoms with Crippen molar-refractivity contribution in [1.29, 1.82) is 0 Å². The van der Waals surface area contributed by atoms with Crippen LogP contribution in [0.5, 0.6) is 0 Å². The largest absolute Gasteiger partial charge is 0.376 e. The van der Waals surface area contributed by atoms with Crippen molar-refractivity contribution < 1.29 is 8.78 Å². The highest BCUT2D eigenvalue weighted by atomic mass is 79.9. The summed E-state index contributed by atoms with van der Waals surface area (Å²) in [5, 5.41) is 3.32. The van der Waals surface area contributed by atoms with Crippen LogP contribution in [0.1, 0.15) is 30.6 Å². The molecule has 0 fully saturated rings. The number of rotatable bonds is 4. The number of hydrogen-bond acceptors (Lipinski definition) is 2. The van der Waals surface area contributed by atoms with Gasteiger partial charge in [0.05, 0.1) is 22.4 Å². The first-order valence-corrected chi connectivity index (χ1v) is 7.14. The highest BCUT2D eigenvalue weighted by molar-refractivity contribution is 9.10. The number of nitrogens with one attached hydrogen (secondary N) is 1. The van der Waals surface area contributed by atoms with Gasteiger partial charge in [-0.2, -0.15) is 0 Å². The van der Waals surface area contributed by atoms with Crippen molar-refractivity contribution in [3.8, 4) is 0 Å². The molecule has 0 saturated heterocycles. The summed E-state index contributed by atoms with van der Waals surface area (Å²) in [5.74, 6) is -0.648. The van der Waals surface area contributed by atoms with Crippen molar-refractivity contribution in [2.24, 2.45) is 0 Å². The zero-order valence-corrected chi connectivity index (χ0v) is 12.8. The van der Waals surface area contributed by atoms with Gasteiger partial charge in [-0.15, -0.1) is 0 Å². The SMILES string of the molecule is CCC(Nc1cc(Br)c(F)cc1C)c1ccc(F)cn1. The highest BCUT2D eigenvalue weighted by Gasteiger charge is 2.13. The van der Waals surface area contributed by atoms with E-state index in [4.69, 9.17) is 0 Å². The lowest BCUT2D eigenvalue weighted by atomic mass is 10.1. The molecule has 0 saturated carbocycles. The van der Waals surface area contributed by atoms with E-state index in [-0.39, 0.29) is 17.7 Å². The van der Waals surface area contributed by atoms with E-state index in [1.165, 1.54) is 18.3 Å². The minimum Gasteiger partial charge on any atom is -0.376 e. The van der Waals surface area contributed by atoms with Crippen LogP contribution >= 0.6 is 15.9 Å². The first-order valence-electron chi connectivity index (χ1n) is 6.35. The fraction of sp³-hybridized carbons (Fsp3) is 0.267. The molecule has 5 heteroatoms. The molecule has 1 atom stereocenters. The summed E-state index contributed by atoms with van der Waals surface area (Å²) >= 11 is 3.18. The summed E-state index contributed by atoms with van der Waals surface area (Å²) in [6.45, 7) is 3.85. The molecule has 1 unspecified atom stereocenters. The van der Waals surface area contributed by atoms with Crippen LogP contribution in [-0.2, 0) is 0 Å². The van der Waals surface area contributed by atoms with Crippen LogP contribution < -0.4 is 5.32 Å². The number of benzene rings is 1. The molecule has 0 spiro atoms. The molecule has 0 aliphatic rings. The summed E-state index contributed by atoms with van der Waals surface area (Å²) in [6, 6.07) is 6.17. The zero-order valence-electron chi connectivity index (χ0n) is 11.3. The Morgan fingerprint density at radius 2 is 2.05 bits per heavy atom. The van der Waals surface area contributed by atoms with Crippen molar-refractivity contribution in [3.63, 3.8) is 0 Å². The Kier molecular flexibility index (Phi) is 4.70. The third-order valence-corrected chi connectivity index (χ3v) is 3.72. The van der Waals surface area contributed by atoms with Gasteiger partial charge >= 0.3 is 0 Å². The number of hydrogen-bond donors (Lipinski definition) is 1. The molecule has 0 bridgehead atoms. The Morgan fingerprint density at radius 1 is 1.30 bits per heavy atom. The van der Waals surface area contributed by atoms with Gasteiger partial charge in [0.1, 0.15) is 11.6 Å². The van der Waals surface area contributed by atoms with Crippen molar-refractivity contribution in [2.45, 2.75) is 26.3 Å². The second kappa shape index (κ2) is 6.31. The summed E-state index contributed by atoms with van der Waals surface area (Å²) in [5.41, 5.74) is 2.40. The molecule has 0 aliphatic heterocycles. The van der Waals surface area contributed by atoms with Gasteiger partial charge in [-0.1, -0.05) is 6.92 Å². The molecule has 1 N–H and O–H groups in total. The topological polar surface area (TPSA) is 24.9 Å². The molecule has 0 radical (unpaired) electrons. The van der Waals surface area contributed by atoms with Crippen LogP contribution in [-0.4, -0.2) is 4.98 Å². The van der Waals surface area contributed by atoms with E-state index in [9.17, 15) is 8.78 Å². The number of pyridine rings is 1. The lowest BCUT2D eigenvalue weighted by Crippen LogP contribution is -2.12. The molecule has 2 nitrogen and oxygen atoms in total. The number of anilines is 1. The normalized spacial score (nSPS) is 12.2. The van der Waals surface area contributed by atoms with E-state index in [0.717, 1.165) is 23.4 Å². The van der Waals surface area contributed by atoms with E-state index in [0.29, 0.717) is 4.47 Å². The van der Waals surface area contributed by atoms with Gasteiger partial charge in [-0.25, -0.2) is 8.78 Å². The van der Waals surface area contributed by atoms with Crippen molar-refractivity contribution in [2.75, 3.05) is 5.32 Å². The Balaban J connectivity index is 2.26. The Hall–Kier alpha value is -1.49. The zero-order chi connectivity index (χ0) is 14.7. The summed E-state index contributed by atoms with van der Waals surface area (Å²) in [7, 11) is 0. The van der Waals surface area contributed by atoms with Crippen molar-refractivity contribution >= 4 is 21.6 Å². The molecular weight excluding hydrogens is 326 g/mol. The van der Waals surface area contributed by atoms with E-state index in [1.807, 2.05) is 13.8 Å². The van der Waals surface area contributed by atoms with Crippen LogP contribution in [0.25, 0.3) is 0 Å². The standard InChI is InChI=1S/C15H15BrF2N2/c1-3-13(14-5-4-10(17)8-19-14)20-15-7-11(16)12(18)6-9(15)2/h4-8,13,20H,3H2,1-2H3. The monoisotopic (exact) mass is 340 g/mol. The number of nitrogens with zero attached hydrogens (tertiary/aromatic N) is 1. The van der Waals surface area contributed by atoms with E-state index in [1.54, 1.807) is 12.1 Å². The predicted molar refractivity (Wildman–Crippen MR) is 79.7 cm³/mol. The van der Waals surface area contributed by atoms with Crippen LogP contribution in [0.3, 0.4) is 0 Å². The molecule has 0 amide bonds. The van der Waals surface area contributed by atoms with E-state index < -0.39 is 0 Å². The van der Waals surface area contributed by atoms with Gasteiger partial charge in [0.2, 0.25) is 0 Å². The van der Waals surface area contributed by atoms with Crippen LogP contribution in [0.2, 0.25) is 0 Å². The molecular formula is C15H15BrF2N2. The van der Waals surface area contributed by atoms with Crippen LogP contribution in [0.4, 0.5) is 14.5 Å². The predicted octanol–water partition coefficient (Wildman–Crippen LogP) is 4.99. The van der Waals surface area contributed by atoms with E-state index in [2.05, 4.69) is 26.2 Å². The van der Waals surface area contributed by atoms with Crippen molar-refractivity contribution in [3.05, 3.63) is 57.8 Å². The minimum absolute atomic E-state index is 0.0494. The van der Waals surface area contributed by atoms with Crippen molar-refractivity contribution in [1.82, 2.24) is 4.98 Å². The Labute approximate surface area is 125 Å². The maximum atomic E-state index is 13.4. The second-order valence-electron chi connectivity index (χ2n) is 4.59. The molecule has 1 heterocycles. The smallest absolute Gasteiger partial charge is 0.141 e. The van der Waals surface area contributed by atoms with Crippen LogP contribution in [0, 0.1) is 18.6 Å². The lowest BCUT2D eigenvalue weighted by Gasteiger charge is -2.19. The third kappa shape index (κ3) is 3.33.